The first-order chi connectivity index (χ1) is 6.54. The SMILES string of the molecule is COc1cc(F)c(CN(C)C)cc1F. The molecule has 0 aliphatic rings. The Balaban J connectivity index is 3.02. The second kappa shape index (κ2) is 4.37. The van der Waals surface area contributed by atoms with Gasteiger partial charge in [-0.3, -0.25) is 0 Å². The molecular weight excluding hydrogens is 188 g/mol. The molecule has 0 aromatic heterocycles. The third-order valence-corrected chi connectivity index (χ3v) is 1.81. The van der Waals surface area contributed by atoms with Crippen molar-refractivity contribution in [1.29, 1.82) is 0 Å². The lowest BCUT2D eigenvalue weighted by Crippen LogP contribution is -2.12. The van der Waals surface area contributed by atoms with Crippen molar-refractivity contribution in [2.24, 2.45) is 0 Å². The molecule has 2 nitrogen and oxygen atoms in total. The zero-order valence-corrected chi connectivity index (χ0v) is 8.47. The van der Waals surface area contributed by atoms with Crippen LogP contribution in [0.4, 0.5) is 8.78 Å². The monoisotopic (exact) mass is 201 g/mol. The van der Waals surface area contributed by atoms with Crippen molar-refractivity contribution in [2.45, 2.75) is 6.54 Å². The highest BCUT2D eigenvalue weighted by Gasteiger charge is 2.10. The highest BCUT2D eigenvalue weighted by atomic mass is 19.1. The minimum absolute atomic E-state index is 0.0648. The number of benzene rings is 1. The molecule has 0 unspecified atom stereocenters. The van der Waals surface area contributed by atoms with Crippen LogP contribution in [0.25, 0.3) is 0 Å². The lowest BCUT2D eigenvalue weighted by molar-refractivity contribution is 0.371. The zero-order chi connectivity index (χ0) is 10.7. The average Bonchev–Trinajstić information content (AvgIpc) is 2.10. The number of nitrogens with zero attached hydrogens (tertiary/aromatic N) is 1. The first-order valence-corrected chi connectivity index (χ1v) is 4.21. The third-order valence-electron chi connectivity index (χ3n) is 1.81. The quantitative estimate of drug-likeness (QED) is 0.742. The Labute approximate surface area is 82.1 Å². The van der Waals surface area contributed by atoms with E-state index in [4.69, 9.17) is 0 Å². The Morgan fingerprint density at radius 1 is 1.21 bits per heavy atom. The molecule has 0 heterocycles. The van der Waals surface area contributed by atoms with Crippen molar-refractivity contribution in [3.8, 4) is 5.75 Å². The normalized spacial score (nSPS) is 10.7. The van der Waals surface area contributed by atoms with Crippen LogP contribution >= 0.6 is 0 Å². The smallest absolute Gasteiger partial charge is 0.165 e. The average molecular weight is 201 g/mol. The van der Waals surface area contributed by atoms with E-state index in [9.17, 15) is 8.78 Å². The molecule has 0 saturated carbocycles. The number of halogens is 2. The van der Waals surface area contributed by atoms with Crippen molar-refractivity contribution in [3.63, 3.8) is 0 Å². The molecule has 1 rings (SSSR count). The van der Waals surface area contributed by atoms with Gasteiger partial charge in [0.05, 0.1) is 7.11 Å². The van der Waals surface area contributed by atoms with Crippen LogP contribution in [0.1, 0.15) is 5.56 Å². The van der Waals surface area contributed by atoms with Crippen LogP contribution in [0.5, 0.6) is 5.75 Å². The molecule has 0 bridgehead atoms. The number of methoxy groups -OCH3 is 1. The van der Waals surface area contributed by atoms with Crippen molar-refractivity contribution in [1.82, 2.24) is 4.90 Å². The van der Waals surface area contributed by atoms with E-state index in [2.05, 4.69) is 4.74 Å². The van der Waals surface area contributed by atoms with E-state index in [1.54, 1.807) is 19.0 Å². The molecule has 14 heavy (non-hydrogen) atoms. The summed E-state index contributed by atoms with van der Waals surface area (Å²) in [7, 11) is 4.90. The summed E-state index contributed by atoms with van der Waals surface area (Å²) in [6.07, 6.45) is 0. The van der Waals surface area contributed by atoms with Gasteiger partial charge in [0.25, 0.3) is 0 Å². The van der Waals surface area contributed by atoms with Gasteiger partial charge in [0.2, 0.25) is 0 Å². The van der Waals surface area contributed by atoms with Crippen molar-refractivity contribution < 1.29 is 13.5 Å². The van der Waals surface area contributed by atoms with Gasteiger partial charge in [-0.1, -0.05) is 0 Å². The highest BCUT2D eigenvalue weighted by Crippen LogP contribution is 2.21. The number of ether oxygens (including phenoxy) is 1. The van der Waals surface area contributed by atoms with Crippen LogP contribution < -0.4 is 4.74 Å². The van der Waals surface area contributed by atoms with E-state index >= 15 is 0 Å². The van der Waals surface area contributed by atoms with Crippen LogP contribution in [0, 0.1) is 11.6 Å². The molecule has 78 valence electrons. The molecule has 0 amide bonds. The predicted molar refractivity (Wildman–Crippen MR) is 50.3 cm³/mol. The highest BCUT2D eigenvalue weighted by molar-refractivity contribution is 5.30. The Hall–Kier alpha value is -1.16. The molecule has 0 aliphatic carbocycles. The van der Waals surface area contributed by atoms with Gasteiger partial charge in [-0.2, -0.15) is 0 Å². The maximum Gasteiger partial charge on any atom is 0.165 e. The molecule has 0 N–H and O–H groups in total. The molecule has 0 spiro atoms. The summed E-state index contributed by atoms with van der Waals surface area (Å²) in [6.45, 7) is 0.368. The first kappa shape index (κ1) is 10.9. The van der Waals surface area contributed by atoms with Crippen LogP contribution in [0.2, 0.25) is 0 Å². The predicted octanol–water partition coefficient (Wildman–Crippen LogP) is 2.04. The summed E-state index contributed by atoms with van der Waals surface area (Å²) in [5, 5.41) is 0. The van der Waals surface area contributed by atoms with Crippen molar-refractivity contribution >= 4 is 0 Å². The third kappa shape index (κ3) is 2.42. The molecule has 0 atom stereocenters. The first-order valence-electron chi connectivity index (χ1n) is 4.21. The number of hydrogen-bond acceptors (Lipinski definition) is 2. The Morgan fingerprint density at radius 2 is 1.86 bits per heavy atom. The van der Waals surface area contributed by atoms with Crippen molar-refractivity contribution in [3.05, 3.63) is 29.3 Å². The summed E-state index contributed by atoms with van der Waals surface area (Å²) in [5.74, 6) is -1.05. The lowest BCUT2D eigenvalue weighted by Gasteiger charge is -2.11. The largest absolute Gasteiger partial charge is 0.494 e. The van der Waals surface area contributed by atoms with Gasteiger partial charge in [-0.15, -0.1) is 0 Å². The van der Waals surface area contributed by atoms with Crippen LogP contribution in [-0.2, 0) is 6.54 Å². The van der Waals surface area contributed by atoms with E-state index in [1.165, 1.54) is 7.11 Å². The minimum atomic E-state index is -0.536. The molecule has 0 fully saturated rings. The fourth-order valence-corrected chi connectivity index (χ4v) is 1.19. The maximum absolute atomic E-state index is 13.3. The molecule has 0 radical (unpaired) electrons. The summed E-state index contributed by atoms with van der Waals surface area (Å²) in [4.78, 5) is 1.77. The molecule has 0 aliphatic heterocycles. The van der Waals surface area contributed by atoms with Gasteiger partial charge >= 0.3 is 0 Å². The molecular formula is C10H13F2NO. The van der Waals surface area contributed by atoms with E-state index in [0.29, 0.717) is 12.1 Å². The van der Waals surface area contributed by atoms with Gasteiger partial charge in [-0.25, -0.2) is 8.78 Å². The van der Waals surface area contributed by atoms with Gasteiger partial charge in [0, 0.05) is 18.2 Å². The Kier molecular flexibility index (Phi) is 3.41. The fourth-order valence-electron chi connectivity index (χ4n) is 1.19. The molecule has 0 saturated heterocycles. The summed E-state index contributed by atoms with van der Waals surface area (Å²) >= 11 is 0. The second-order valence-corrected chi connectivity index (χ2v) is 3.32. The van der Waals surface area contributed by atoms with Gasteiger partial charge < -0.3 is 9.64 Å². The van der Waals surface area contributed by atoms with E-state index in [1.807, 2.05) is 0 Å². The van der Waals surface area contributed by atoms with Gasteiger partial charge in [0.15, 0.2) is 11.6 Å². The van der Waals surface area contributed by atoms with Crippen molar-refractivity contribution in [2.75, 3.05) is 21.2 Å². The minimum Gasteiger partial charge on any atom is -0.494 e. The molecule has 4 heteroatoms. The number of hydrogen-bond donors (Lipinski definition) is 0. The maximum atomic E-state index is 13.3. The Bertz CT molecular complexity index is 326. The number of rotatable bonds is 3. The van der Waals surface area contributed by atoms with E-state index in [0.717, 1.165) is 12.1 Å². The zero-order valence-electron chi connectivity index (χ0n) is 8.47. The van der Waals surface area contributed by atoms with Crippen LogP contribution in [0.3, 0.4) is 0 Å². The van der Waals surface area contributed by atoms with E-state index in [-0.39, 0.29) is 5.75 Å². The second-order valence-electron chi connectivity index (χ2n) is 3.32. The molecule has 1 aromatic carbocycles. The standard InChI is InChI=1S/C10H13F2NO/c1-13(2)6-7-4-9(12)10(14-3)5-8(7)11/h4-5H,6H2,1-3H3. The van der Waals surface area contributed by atoms with E-state index < -0.39 is 11.6 Å². The summed E-state index contributed by atoms with van der Waals surface area (Å²) < 4.78 is 31.1. The lowest BCUT2D eigenvalue weighted by atomic mass is 10.2. The fraction of sp³-hybridized carbons (Fsp3) is 0.400. The van der Waals surface area contributed by atoms with Crippen LogP contribution in [-0.4, -0.2) is 26.1 Å². The Morgan fingerprint density at radius 3 is 2.36 bits per heavy atom. The summed E-state index contributed by atoms with van der Waals surface area (Å²) in [6, 6.07) is 2.22. The van der Waals surface area contributed by atoms with Gasteiger partial charge in [-0.05, 0) is 20.2 Å². The summed E-state index contributed by atoms with van der Waals surface area (Å²) in [5.41, 5.74) is 0.327. The molecule has 1 aromatic rings. The topological polar surface area (TPSA) is 12.5 Å². The van der Waals surface area contributed by atoms with Crippen LogP contribution in [0.15, 0.2) is 12.1 Å². The van der Waals surface area contributed by atoms with Gasteiger partial charge in [0.1, 0.15) is 5.82 Å².